The zero-order chi connectivity index (χ0) is 6.91. The first-order valence-corrected chi connectivity index (χ1v) is 2.72. The molecule has 0 saturated heterocycles. The van der Waals surface area contributed by atoms with Crippen molar-refractivity contribution in [3.63, 3.8) is 0 Å². The van der Waals surface area contributed by atoms with Gasteiger partial charge in [-0.15, -0.1) is 0 Å². The van der Waals surface area contributed by atoms with E-state index in [1.54, 1.807) is 13.8 Å². The second kappa shape index (κ2) is 1.84. The van der Waals surface area contributed by atoms with Gasteiger partial charge in [0.1, 0.15) is 17.6 Å². The Balaban J connectivity index is 2.90. The van der Waals surface area contributed by atoms with E-state index in [1.807, 2.05) is 0 Å². The van der Waals surface area contributed by atoms with Crippen molar-refractivity contribution in [2.45, 2.75) is 19.4 Å². The monoisotopic (exact) mass is 127 g/mol. The molecule has 1 N–H and O–H groups in total. The minimum atomic E-state index is -0.882. The largest absolute Gasteiger partial charge is 0.451 e. The van der Waals surface area contributed by atoms with Crippen LogP contribution in [0.4, 0.5) is 0 Å². The fourth-order valence-electron chi connectivity index (χ4n) is 0.515. The van der Waals surface area contributed by atoms with Crippen LogP contribution in [0.2, 0.25) is 0 Å². The molecule has 0 aliphatic carbocycles. The van der Waals surface area contributed by atoms with Gasteiger partial charge in [-0.05, 0) is 13.8 Å². The molecule has 1 aromatic heterocycles. The Labute approximate surface area is 53.3 Å². The number of oxazole rings is 1. The van der Waals surface area contributed by atoms with E-state index in [0.717, 1.165) is 0 Å². The molecule has 0 aliphatic rings. The number of hydrogen-bond acceptors (Lipinski definition) is 3. The first-order valence-electron chi connectivity index (χ1n) is 2.72. The molecule has 0 unspecified atom stereocenters. The molecule has 1 aromatic rings. The minimum absolute atomic E-state index is 0.558. The summed E-state index contributed by atoms with van der Waals surface area (Å²) in [4.78, 5) is 3.77. The summed E-state index contributed by atoms with van der Waals surface area (Å²) in [5.74, 6) is 0. The SMILES string of the molecule is CC(C)(O)c1cocn1. The molecule has 0 atom stereocenters. The van der Waals surface area contributed by atoms with Crippen molar-refractivity contribution in [1.29, 1.82) is 0 Å². The van der Waals surface area contributed by atoms with Gasteiger partial charge in [-0.2, -0.15) is 0 Å². The van der Waals surface area contributed by atoms with Gasteiger partial charge in [-0.1, -0.05) is 0 Å². The number of aromatic nitrogens is 1. The van der Waals surface area contributed by atoms with Crippen LogP contribution in [-0.2, 0) is 5.60 Å². The second-order valence-electron chi connectivity index (χ2n) is 2.43. The Kier molecular flexibility index (Phi) is 1.29. The lowest BCUT2D eigenvalue weighted by molar-refractivity contribution is 0.0737. The van der Waals surface area contributed by atoms with E-state index in [-0.39, 0.29) is 0 Å². The topological polar surface area (TPSA) is 46.3 Å². The summed E-state index contributed by atoms with van der Waals surface area (Å²) in [5.41, 5.74) is -0.324. The summed E-state index contributed by atoms with van der Waals surface area (Å²) < 4.78 is 4.67. The van der Waals surface area contributed by atoms with Gasteiger partial charge >= 0.3 is 0 Å². The summed E-state index contributed by atoms with van der Waals surface area (Å²) in [7, 11) is 0. The van der Waals surface area contributed by atoms with E-state index in [9.17, 15) is 5.11 Å². The molecule has 0 bridgehead atoms. The van der Waals surface area contributed by atoms with Crippen molar-refractivity contribution in [3.8, 4) is 0 Å². The number of aliphatic hydroxyl groups is 1. The lowest BCUT2D eigenvalue weighted by Gasteiger charge is -2.11. The molecule has 0 spiro atoms. The first-order chi connectivity index (χ1) is 4.11. The van der Waals surface area contributed by atoms with Gasteiger partial charge < -0.3 is 9.52 Å². The fraction of sp³-hybridized carbons (Fsp3) is 0.500. The number of hydrogen-bond donors (Lipinski definition) is 1. The second-order valence-corrected chi connectivity index (χ2v) is 2.43. The van der Waals surface area contributed by atoms with Crippen molar-refractivity contribution in [2.24, 2.45) is 0 Å². The zero-order valence-corrected chi connectivity index (χ0v) is 5.46. The van der Waals surface area contributed by atoms with Gasteiger partial charge in [0, 0.05) is 0 Å². The zero-order valence-electron chi connectivity index (χ0n) is 5.46. The van der Waals surface area contributed by atoms with Crippen LogP contribution in [0, 0.1) is 0 Å². The maximum absolute atomic E-state index is 9.26. The molecular weight excluding hydrogens is 118 g/mol. The van der Waals surface area contributed by atoms with Crippen LogP contribution in [-0.4, -0.2) is 10.1 Å². The summed E-state index contributed by atoms with van der Waals surface area (Å²) in [5, 5.41) is 9.26. The van der Waals surface area contributed by atoms with E-state index >= 15 is 0 Å². The van der Waals surface area contributed by atoms with Gasteiger partial charge in [0.2, 0.25) is 0 Å². The average Bonchev–Trinajstić information content (AvgIpc) is 2.08. The predicted molar refractivity (Wildman–Crippen MR) is 31.7 cm³/mol. The summed E-state index contributed by atoms with van der Waals surface area (Å²) in [6.45, 7) is 3.32. The third-order valence-electron chi connectivity index (χ3n) is 1.06. The molecule has 0 fully saturated rings. The smallest absolute Gasteiger partial charge is 0.180 e. The molecule has 9 heavy (non-hydrogen) atoms. The predicted octanol–water partition coefficient (Wildman–Crippen LogP) is 0.902. The molecule has 0 aromatic carbocycles. The number of rotatable bonds is 1. The lowest BCUT2D eigenvalue weighted by Crippen LogP contribution is -2.15. The van der Waals surface area contributed by atoms with E-state index in [2.05, 4.69) is 9.40 Å². The van der Waals surface area contributed by atoms with Crippen LogP contribution in [0.1, 0.15) is 19.5 Å². The Hall–Kier alpha value is -0.830. The van der Waals surface area contributed by atoms with Gasteiger partial charge in [-0.25, -0.2) is 4.98 Å². The molecule has 1 heterocycles. The standard InChI is InChI=1S/C6H9NO2/c1-6(2,8)5-3-9-4-7-5/h3-4,8H,1-2H3. The summed E-state index contributed by atoms with van der Waals surface area (Å²) >= 11 is 0. The molecule has 3 nitrogen and oxygen atoms in total. The van der Waals surface area contributed by atoms with Crippen LogP contribution in [0.25, 0.3) is 0 Å². The Morgan fingerprint density at radius 2 is 2.33 bits per heavy atom. The maximum atomic E-state index is 9.26. The average molecular weight is 127 g/mol. The normalized spacial score (nSPS) is 11.9. The molecule has 0 saturated carbocycles. The molecule has 0 aliphatic heterocycles. The Morgan fingerprint density at radius 1 is 1.67 bits per heavy atom. The van der Waals surface area contributed by atoms with Gasteiger partial charge in [0.25, 0.3) is 0 Å². The Bertz CT molecular complexity index is 173. The highest BCUT2D eigenvalue weighted by Crippen LogP contribution is 2.15. The maximum Gasteiger partial charge on any atom is 0.180 e. The summed E-state index contributed by atoms with van der Waals surface area (Å²) in [6.07, 6.45) is 2.73. The highest BCUT2D eigenvalue weighted by molar-refractivity contribution is 5.01. The van der Waals surface area contributed by atoms with Crippen LogP contribution in [0.15, 0.2) is 17.1 Å². The molecule has 3 heteroatoms. The molecule has 0 amide bonds. The lowest BCUT2D eigenvalue weighted by atomic mass is 10.1. The van der Waals surface area contributed by atoms with Crippen molar-refractivity contribution >= 4 is 0 Å². The van der Waals surface area contributed by atoms with Gasteiger partial charge in [0.05, 0.1) is 0 Å². The molecule has 50 valence electrons. The highest BCUT2D eigenvalue weighted by atomic mass is 16.3. The third kappa shape index (κ3) is 1.29. The van der Waals surface area contributed by atoms with Crippen molar-refractivity contribution in [3.05, 3.63) is 18.4 Å². The first kappa shape index (κ1) is 6.29. The third-order valence-corrected chi connectivity index (χ3v) is 1.06. The van der Waals surface area contributed by atoms with Crippen LogP contribution in [0.3, 0.4) is 0 Å². The minimum Gasteiger partial charge on any atom is -0.451 e. The van der Waals surface area contributed by atoms with Crippen LogP contribution < -0.4 is 0 Å². The Morgan fingerprint density at radius 3 is 2.56 bits per heavy atom. The van der Waals surface area contributed by atoms with Gasteiger partial charge in [-0.3, -0.25) is 0 Å². The van der Waals surface area contributed by atoms with E-state index in [0.29, 0.717) is 5.69 Å². The number of nitrogens with zero attached hydrogens (tertiary/aromatic N) is 1. The quantitative estimate of drug-likeness (QED) is 0.609. The van der Waals surface area contributed by atoms with E-state index < -0.39 is 5.60 Å². The van der Waals surface area contributed by atoms with Crippen LogP contribution in [0.5, 0.6) is 0 Å². The molecular formula is C6H9NO2. The van der Waals surface area contributed by atoms with Crippen molar-refractivity contribution in [1.82, 2.24) is 4.98 Å². The summed E-state index contributed by atoms with van der Waals surface area (Å²) in [6, 6.07) is 0. The molecule has 0 radical (unpaired) electrons. The fourth-order valence-corrected chi connectivity index (χ4v) is 0.515. The van der Waals surface area contributed by atoms with Crippen LogP contribution >= 0.6 is 0 Å². The van der Waals surface area contributed by atoms with Gasteiger partial charge in [0.15, 0.2) is 6.39 Å². The van der Waals surface area contributed by atoms with Crippen molar-refractivity contribution in [2.75, 3.05) is 0 Å². The van der Waals surface area contributed by atoms with E-state index in [4.69, 9.17) is 0 Å². The highest BCUT2D eigenvalue weighted by Gasteiger charge is 2.18. The van der Waals surface area contributed by atoms with Crippen molar-refractivity contribution < 1.29 is 9.52 Å². The van der Waals surface area contributed by atoms with E-state index in [1.165, 1.54) is 12.7 Å². The molecule has 1 rings (SSSR count).